The zero-order valence-electron chi connectivity index (χ0n) is 14.6. The molecule has 2 saturated heterocycles. The van der Waals surface area contributed by atoms with E-state index in [1.165, 1.54) is 39.9 Å². The van der Waals surface area contributed by atoms with Crippen LogP contribution in [0.25, 0.3) is 0 Å². The number of amides is 1. The monoisotopic (exact) mass is 443 g/mol. The molecule has 1 aromatic heterocycles. The molecule has 2 aromatic rings. The second kappa shape index (κ2) is 7.41. The SMILES string of the molecule is O=C(O)N1[C@@H]2CC[C@H]1C[C@H](Oc1ccc(S(=O)(=O)Nc3cscn3)cc1Cl)C2. The highest BCUT2D eigenvalue weighted by Crippen LogP contribution is 2.38. The maximum absolute atomic E-state index is 12.4. The largest absolute Gasteiger partial charge is 0.489 e. The molecule has 0 radical (unpaired) electrons. The maximum Gasteiger partial charge on any atom is 0.407 e. The van der Waals surface area contributed by atoms with E-state index >= 15 is 0 Å². The normalized spacial score (nSPS) is 24.2. The number of halogens is 1. The van der Waals surface area contributed by atoms with Crippen molar-refractivity contribution >= 4 is 44.9 Å². The number of aromatic nitrogens is 1. The standard InChI is InChI=1S/C17H18ClN3O5S2/c18-14-7-13(28(24,25)20-16-8-27-9-19-16)3-4-15(14)26-12-5-10-1-2-11(6-12)21(10)17(22)23/h3-4,7-12,20H,1-2,5-6H2,(H,22,23)/t10-,11+,12-. The molecule has 2 fully saturated rings. The van der Waals surface area contributed by atoms with E-state index in [0.717, 1.165) is 12.8 Å². The summed E-state index contributed by atoms with van der Waals surface area (Å²) in [4.78, 5) is 16.8. The van der Waals surface area contributed by atoms with Crippen LogP contribution in [0.1, 0.15) is 25.7 Å². The zero-order chi connectivity index (χ0) is 19.9. The third kappa shape index (κ3) is 3.76. The highest BCUT2D eigenvalue weighted by Gasteiger charge is 2.44. The summed E-state index contributed by atoms with van der Waals surface area (Å²) < 4.78 is 33.3. The lowest BCUT2D eigenvalue weighted by molar-refractivity contribution is 0.0496. The maximum atomic E-state index is 12.4. The number of thiazole rings is 1. The van der Waals surface area contributed by atoms with Gasteiger partial charge in [-0.2, -0.15) is 0 Å². The number of piperidine rings is 1. The highest BCUT2D eigenvalue weighted by atomic mass is 35.5. The van der Waals surface area contributed by atoms with Crippen molar-refractivity contribution in [3.05, 3.63) is 34.1 Å². The van der Waals surface area contributed by atoms with Crippen molar-refractivity contribution < 1.29 is 23.1 Å². The lowest BCUT2D eigenvalue weighted by Crippen LogP contribution is -2.48. The second-order valence-corrected chi connectivity index (χ2v) is 9.67. The summed E-state index contributed by atoms with van der Waals surface area (Å²) in [6.45, 7) is 0. The van der Waals surface area contributed by atoms with Crippen LogP contribution in [-0.2, 0) is 10.0 Å². The smallest absolute Gasteiger partial charge is 0.407 e. The Morgan fingerprint density at radius 3 is 2.61 bits per heavy atom. The molecule has 4 rings (SSSR count). The first kappa shape index (κ1) is 19.3. The molecule has 0 aliphatic carbocycles. The summed E-state index contributed by atoms with van der Waals surface area (Å²) in [5.74, 6) is 0.643. The molecular weight excluding hydrogens is 426 g/mol. The van der Waals surface area contributed by atoms with Crippen molar-refractivity contribution in [2.24, 2.45) is 0 Å². The van der Waals surface area contributed by atoms with E-state index < -0.39 is 16.1 Å². The summed E-state index contributed by atoms with van der Waals surface area (Å²) >= 11 is 7.55. The molecule has 3 atom stereocenters. The van der Waals surface area contributed by atoms with Gasteiger partial charge in [-0.1, -0.05) is 11.6 Å². The number of nitrogens with zero attached hydrogens (tertiary/aromatic N) is 2. The fourth-order valence-corrected chi connectivity index (χ4v) is 5.79. The molecule has 1 aromatic carbocycles. The van der Waals surface area contributed by atoms with E-state index in [4.69, 9.17) is 16.3 Å². The summed E-state index contributed by atoms with van der Waals surface area (Å²) in [5.41, 5.74) is 1.53. The van der Waals surface area contributed by atoms with E-state index in [0.29, 0.717) is 18.6 Å². The molecule has 0 spiro atoms. The van der Waals surface area contributed by atoms with Gasteiger partial charge in [-0.05, 0) is 31.0 Å². The third-order valence-corrected chi connectivity index (χ3v) is 7.32. The minimum Gasteiger partial charge on any atom is -0.489 e. The van der Waals surface area contributed by atoms with Crippen LogP contribution in [0.3, 0.4) is 0 Å². The number of nitrogens with one attached hydrogen (secondary N) is 1. The van der Waals surface area contributed by atoms with Crippen LogP contribution >= 0.6 is 22.9 Å². The van der Waals surface area contributed by atoms with Gasteiger partial charge in [0.15, 0.2) is 5.82 Å². The van der Waals surface area contributed by atoms with E-state index in [2.05, 4.69) is 9.71 Å². The molecule has 2 aliphatic rings. The minimum atomic E-state index is -3.80. The first-order valence-corrected chi connectivity index (χ1v) is 11.5. The van der Waals surface area contributed by atoms with Gasteiger partial charge >= 0.3 is 6.09 Å². The number of carboxylic acid groups (broad SMARTS) is 1. The second-order valence-electron chi connectivity index (χ2n) is 6.86. The molecule has 3 heterocycles. The summed E-state index contributed by atoms with van der Waals surface area (Å²) in [6.07, 6.45) is 1.84. The molecular formula is C17H18ClN3O5S2. The number of carbonyl (C=O) groups is 1. The quantitative estimate of drug-likeness (QED) is 0.730. The van der Waals surface area contributed by atoms with Gasteiger partial charge in [-0.3, -0.25) is 4.72 Å². The summed E-state index contributed by atoms with van der Waals surface area (Å²) in [5, 5.41) is 11.1. The number of fused-ring (bicyclic) bond motifs is 2. The molecule has 0 saturated carbocycles. The molecule has 2 aliphatic heterocycles. The van der Waals surface area contributed by atoms with Gasteiger partial charge in [-0.25, -0.2) is 18.2 Å². The average molecular weight is 444 g/mol. The van der Waals surface area contributed by atoms with Crippen molar-refractivity contribution in [3.63, 3.8) is 0 Å². The summed E-state index contributed by atoms with van der Waals surface area (Å²) in [6, 6.07) is 4.22. The predicted molar refractivity (Wildman–Crippen MR) is 105 cm³/mol. The molecule has 2 N–H and O–H groups in total. The minimum absolute atomic E-state index is 0.0126. The molecule has 150 valence electrons. The number of benzene rings is 1. The fourth-order valence-electron chi connectivity index (χ4n) is 3.92. The Labute approximate surface area is 171 Å². The van der Waals surface area contributed by atoms with Crippen LogP contribution in [-0.4, -0.2) is 47.7 Å². The Kier molecular flexibility index (Phi) is 5.11. The van der Waals surface area contributed by atoms with Gasteiger partial charge < -0.3 is 14.7 Å². The van der Waals surface area contributed by atoms with Crippen LogP contribution in [0.4, 0.5) is 10.6 Å². The fraction of sp³-hybridized carbons (Fsp3) is 0.412. The molecule has 0 unspecified atom stereocenters. The van der Waals surface area contributed by atoms with Gasteiger partial charge in [0.25, 0.3) is 10.0 Å². The number of sulfonamides is 1. The van der Waals surface area contributed by atoms with Crippen molar-refractivity contribution in [2.75, 3.05) is 4.72 Å². The average Bonchev–Trinajstić information content (AvgIpc) is 3.22. The lowest BCUT2D eigenvalue weighted by atomic mass is 10.0. The Hall–Kier alpha value is -2.04. The number of anilines is 1. The molecule has 2 bridgehead atoms. The summed E-state index contributed by atoms with van der Waals surface area (Å²) in [7, 11) is -3.80. The number of hydrogen-bond acceptors (Lipinski definition) is 6. The van der Waals surface area contributed by atoms with Crippen molar-refractivity contribution in [1.82, 2.24) is 9.88 Å². The van der Waals surface area contributed by atoms with E-state index in [9.17, 15) is 18.3 Å². The zero-order valence-corrected chi connectivity index (χ0v) is 17.0. The van der Waals surface area contributed by atoms with Crippen molar-refractivity contribution in [1.29, 1.82) is 0 Å². The highest BCUT2D eigenvalue weighted by molar-refractivity contribution is 7.92. The van der Waals surface area contributed by atoms with Gasteiger partial charge in [0, 0.05) is 30.3 Å². The van der Waals surface area contributed by atoms with Gasteiger partial charge in [0.1, 0.15) is 11.9 Å². The van der Waals surface area contributed by atoms with E-state index in [1.807, 2.05) is 0 Å². The Balaban J connectivity index is 1.46. The number of ether oxygens (including phenoxy) is 1. The lowest BCUT2D eigenvalue weighted by Gasteiger charge is -2.37. The topological polar surface area (TPSA) is 109 Å². The number of rotatable bonds is 5. The Morgan fingerprint density at radius 1 is 1.32 bits per heavy atom. The Bertz CT molecular complexity index is 969. The van der Waals surface area contributed by atoms with Gasteiger partial charge in [0.05, 0.1) is 15.4 Å². The molecule has 11 heteroatoms. The molecule has 28 heavy (non-hydrogen) atoms. The first-order valence-electron chi connectivity index (χ1n) is 8.72. The van der Waals surface area contributed by atoms with Crippen LogP contribution in [0.5, 0.6) is 5.75 Å². The van der Waals surface area contributed by atoms with Crippen LogP contribution in [0.15, 0.2) is 34.0 Å². The third-order valence-electron chi connectivity index (χ3n) is 5.09. The van der Waals surface area contributed by atoms with Crippen LogP contribution in [0.2, 0.25) is 5.02 Å². The Morgan fingerprint density at radius 2 is 2.04 bits per heavy atom. The van der Waals surface area contributed by atoms with Crippen LogP contribution < -0.4 is 9.46 Å². The first-order chi connectivity index (χ1) is 13.3. The van der Waals surface area contributed by atoms with Crippen LogP contribution in [0, 0.1) is 0 Å². The molecule has 8 nitrogen and oxygen atoms in total. The molecule has 1 amide bonds. The number of hydrogen-bond donors (Lipinski definition) is 2. The van der Waals surface area contributed by atoms with E-state index in [1.54, 1.807) is 5.38 Å². The van der Waals surface area contributed by atoms with Crippen molar-refractivity contribution in [2.45, 2.75) is 48.8 Å². The predicted octanol–water partition coefficient (Wildman–Crippen LogP) is 3.65. The van der Waals surface area contributed by atoms with Gasteiger partial charge in [-0.15, -0.1) is 11.3 Å². The van der Waals surface area contributed by atoms with Crippen molar-refractivity contribution in [3.8, 4) is 5.75 Å². The van der Waals surface area contributed by atoms with Gasteiger partial charge in [0.2, 0.25) is 0 Å². The van der Waals surface area contributed by atoms with E-state index in [-0.39, 0.29) is 33.9 Å².